The lowest BCUT2D eigenvalue weighted by molar-refractivity contribution is 0.103. The molecule has 1 aliphatic heterocycles. The van der Waals surface area contributed by atoms with Crippen LogP contribution in [0.5, 0.6) is 0 Å². The van der Waals surface area contributed by atoms with Crippen molar-refractivity contribution in [3.05, 3.63) is 17.5 Å². The molecule has 3 rings (SSSR count). The van der Waals surface area contributed by atoms with Crippen LogP contribution in [0.2, 0.25) is 0 Å². The molecule has 0 bridgehead atoms. The van der Waals surface area contributed by atoms with Crippen molar-refractivity contribution in [1.82, 2.24) is 20.0 Å². The van der Waals surface area contributed by atoms with Crippen LogP contribution in [0.15, 0.2) is 6.07 Å². The highest BCUT2D eigenvalue weighted by atomic mass is 15.3. The summed E-state index contributed by atoms with van der Waals surface area (Å²) < 4.78 is 2.20. The maximum absolute atomic E-state index is 4.71. The van der Waals surface area contributed by atoms with Gasteiger partial charge >= 0.3 is 0 Å². The topological polar surface area (TPSA) is 33.1 Å². The van der Waals surface area contributed by atoms with Gasteiger partial charge in [0.25, 0.3) is 0 Å². The fourth-order valence-electron chi connectivity index (χ4n) is 3.60. The van der Waals surface area contributed by atoms with E-state index in [1.807, 2.05) is 0 Å². The predicted molar refractivity (Wildman–Crippen MR) is 86.3 cm³/mol. The lowest BCUT2D eigenvalue weighted by atomic mass is 10.0. The molecule has 2 unspecified atom stereocenters. The Morgan fingerprint density at radius 3 is 2.71 bits per heavy atom. The molecule has 0 spiro atoms. The molecule has 21 heavy (non-hydrogen) atoms. The molecule has 2 fully saturated rings. The number of piperazine rings is 1. The third-order valence-corrected chi connectivity index (χ3v) is 5.14. The quantitative estimate of drug-likeness (QED) is 0.873. The van der Waals surface area contributed by atoms with Gasteiger partial charge in [0.1, 0.15) is 0 Å². The maximum atomic E-state index is 4.71. The zero-order valence-corrected chi connectivity index (χ0v) is 13.8. The van der Waals surface area contributed by atoms with Crippen molar-refractivity contribution in [3.63, 3.8) is 0 Å². The third kappa shape index (κ3) is 3.32. The molecule has 4 heteroatoms. The third-order valence-electron chi connectivity index (χ3n) is 5.14. The minimum absolute atomic E-state index is 0.656. The first-order chi connectivity index (χ1) is 10.2. The first-order valence-corrected chi connectivity index (χ1v) is 8.78. The van der Waals surface area contributed by atoms with E-state index < -0.39 is 0 Å². The van der Waals surface area contributed by atoms with Gasteiger partial charge in [0.2, 0.25) is 0 Å². The van der Waals surface area contributed by atoms with Crippen LogP contribution in [-0.2, 0) is 19.5 Å². The summed E-state index contributed by atoms with van der Waals surface area (Å²) in [6, 6.07) is 3.71. The fourth-order valence-corrected chi connectivity index (χ4v) is 3.60. The molecule has 118 valence electrons. The summed E-state index contributed by atoms with van der Waals surface area (Å²) in [7, 11) is 0. The summed E-state index contributed by atoms with van der Waals surface area (Å²) in [5, 5.41) is 8.45. The molecule has 1 saturated heterocycles. The van der Waals surface area contributed by atoms with Crippen LogP contribution < -0.4 is 5.32 Å². The Hall–Kier alpha value is -0.870. The first kappa shape index (κ1) is 15.0. The largest absolute Gasteiger partial charge is 0.311 e. The zero-order valence-electron chi connectivity index (χ0n) is 13.8. The minimum Gasteiger partial charge on any atom is -0.311 e. The fraction of sp³-hybridized carbons (Fsp3) is 0.824. The van der Waals surface area contributed by atoms with Crippen molar-refractivity contribution >= 4 is 0 Å². The molecule has 4 nitrogen and oxygen atoms in total. The Labute approximate surface area is 128 Å². The molecule has 0 radical (unpaired) electrons. The van der Waals surface area contributed by atoms with Gasteiger partial charge in [-0.25, -0.2) is 0 Å². The van der Waals surface area contributed by atoms with Crippen molar-refractivity contribution in [1.29, 1.82) is 0 Å². The summed E-state index contributed by atoms with van der Waals surface area (Å²) in [6.07, 6.45) is 5.10. The summed E-state index contributed by atoms with van der Waals surface area (Å²) in [5.74, 6) is 0.930. The zero-order chi connectivity index (χ0) is 14.8. The van der Waals surface area contributed by atoms with E-state index in [9.17, 15) is 0 Å². The van der Waals surface area contributed by atoms with Crippen LogP contribution in [0.1, 0.15) is 51.4 Å². The second-order valence-electron chi connectivity index (χ2n) is 6.64. The van der Waals surface area contributed by atoms with Gasteiger partial charge in [-0.1, -0.05) is 13.8 Å². The van der Waals surface area contributed by atoms with Gasteiger partial charge in [0, 0.05) is 38.3 Å². The summed E-state index contributed by atoms with van der Waals surface area (Å²) >= 11 is 0. The first-order valence-electron chi connectivity index (χ1n) is 8.78. The van der Waals surface area contributed by atoms with E-state index >= 15 is 0 Å². The van der Waals surface area contributed by atoms with Crippen molar-refractivity contribution < 1.29 is 0 Å². The van der Waals surface area contributed by atoms with Gasteiger partial charge in [0.15, 0.2) is 0 Å². The SMILES string of the molecule is CCc1cc(CN2CC(CC)NCC2C2CC2)n(CC)n1. The van der Waals surface area contributed by atoms with E-state index in [1.54, 1.807) is 0 Å². The highest BCUT2D eigenvalue weighted by Crippen LogP contribution is 2.37. The molecule has 1 aromatic rings. The van der Waals surface area contributed by atoms with Gasteiger partial charge < -0.3 is 5.32 Å². The van der Waals surface area contributed by atoms with Crippen molar-refractivity contribution in [2.24, 2.45) is 5.92 Å². The average Bonchev–Trinajstić information content (AvgIpc) is 3.28. The maximum Gasteiger partial charge on any atom is 0.0625 e. The van der Waals surface area contributed by atoms with Crippen LogP contribution in [0.25, 0.3) is 0 Å². The molecule has 0 aromatic carbocycles. The normalized spacial score (nSPS) is 27.2. The number of hydrogen-bond acceptors (Lipinski definition) is 3. The minimum atomic E-state index is 0.656. The van der Waals surface area contributed by atoms with E-state index in [0.717, 1.165) is 31.5 Å². The van der Waals surface area contributed by atoms with E-state index in [0.29, 0.717) is 6.04 Å². The molecular weight excluding hydrogens is 260 g/mol. The number of rotatable bonds is 6. The van der Waals surface area contributed by atoms with E-state index in [1.165, 1.54) is 43.7 Å². The number of nitrogens with one attached hydrogen (secondary N) is 1. The van der Waals surface area contributed by atoms with E-state index in [4.69, 9.17) is 5.10 Å². The number of hydrogen-bond donors (Lipinski definition) is 1. The van der Waals surface area contributed by atoms with Crippen molar-refractivity contribution in [2.75, 3.05) is 13.1 Å². The van der Waals surface area contributed by atoms with E-state index in [-0.39, 0.29) is 0 Å². The van der Waals surface area contributed by atoms with Gasteiger partial charge in [-0.3, -0.25) is 9.58 Å². The molecule has 1 saturated carbocycles. The lowest BCUT2D eigenvalue weighted by Crippen LogP contribution is -2.56. The van der Waals surface area contributed by atoms with Crippen LogP contribution in [0.3, 0.4) is 0 Å². The molecule has 2 atom stereocenters. The van der Waals surface area contributed by atoms with Gasteiger partial charge in [-0.2, -0.15) is 5.10 Å². The molecule has 1 aromatic heterocycles. The second-order valence-corrected chi connectivity index (χ2v) is 6.64. The van der Waals surface area contributed by atoms with Crippen molar-refractivity contribution in [3.8, 4) is 0 Å². The lowest BCUT2D eigenvalue weighted by Gasteiger charge is -2.40. The average molecular weight is 290 g/mol. The summed E-state index contributed by atoms with van der Waals surface area (Å²) in [6.45, 7) is 11.1. The molecule has 2 aliphatic rings. The van der Waals surface area contributed by atoms with Gasteiger partial charge in [-0.15, -0.1) is 0 Å². The summed E-state index contributed by atoms with van der Waals surface area (Å²) in [4.78, 5) is 2.73. The second kappa shape index (κ2) is 6.49. The molecule has 0 amide bonds. The monoisotopic (exact) mass is 290 g/mol. The summed E-state index contributed by atoms with van der Waals surface area (Å²) in [5.41, 5.74) is 2.63. The van der Waals surface area contributed by atoms with Crippen molar-refractivity contribution in [2.45, 2.75) is 71.6 Å². The van der Waals surface area contributed by atoms with Crippen LogP contribution in [0.4, 0.5) is 0 Å². The van der Waals surface area contributed by atoms with Crippen LogP contribution in [0, 0.1) is 5.92 Å². The van der Waals surface area contributed by atoms with Gasteiger partial charge in [0.05, 0.1) is 11.4 Å². The van der Waals surface area contributed by atoms with E-state index in [2.05, 4.69) is 41.7 Å². The Kier molecular flexibility index (Phi) is 4.65. The Morgan fingerprint density at radius 1 is 1.29 bits per heavy atom. The molecule has 2 heterocycles. The smallest absolute Gasteiger partial charge is 0.0625 e. The number of aromatic nitrogens is 2. The standard InChI is InChI=1S/C17H30N4/c1-4-14-9-16(21(6-3)19-14)12-20-11-15(5-2)18-10-17(20)13-7-8-13/h9,13,15,17-18H,4-8,10-12H2,1-3H3. The Morgan fingerprint density at radius 2 is 2.10 bits per heavy atom. The number of aryl methyl sites for hydroxylation is 2. The Bertz CT molecular complexity index is 463. The Balaban J connectivity index is 1.74. The van der Waals surface area contributed by atoms with Crippen LogP contribution >= 0.6 is 0 Å². The van der Waals surface area contributed by atoms with Crippen LogP contribution in [-0.4, -0.2) is 39.9 Å². The highest BCUT2D eigenvalue weighted by Gasteiger charge is 2.38. The van der Waals surface area contributed by atoms with Gasteiger partial charge in [-0.05, 0) is 44.6 Å². The highest BCUT2D eigenvalue weighted by molar-refractivity contribution is 5.11. The molecular formula is C17H30N4. The number of nitrogens with zero attached hydrogens (tertiary/aromatic N) is 3. The predicted octanol–water partition coefficient (Wildman–Crippen LogP) is 2.43. The molecule has 1 N–H and O–H groups in total. The molecule has 1 aliphatic carbocycles.